The third-order valence-corrected chi connectivity index (χ3v) is 1.85. The van der Waals surface area contributed by atoms with Crippen LogP contribution in [0.5, 0.6) is 0 Å². The molecule has 0 amide bonds. The summed E-state index contributed by atoms with van der Waals surface area (Å²) in [6.07, 6.45) is 0.305. The molecule has 0 aliphatic carbocycles. The van der Waals surface area contributed by atoms with E-state index in [1.807, 2.05) is 0 Å². The molecule has 2 heterocycles. The molecule has 0 unspecified atom stereocenters. The van der Waals surface area contributed by atoms with Crippen LogP contribution in [0.3, 0.4) is 0 Å². The molecule has 2 aliphatic heterocycles. The molecular weight excluding hydrogens is 164 g/mol. The standard InChI is InChI=1S/C7H10O5/c1-4(8)9-5-2-3-6-10-7(5)12-11-6/h5-7H,2-3H2,1H3/t5-,6+,7-/m0/s1. The molecule has 0 aromatic heterocycles. The molecule has 5 heteroatoms. The first-order valence-corrected chi connectivity index (χ1v) is 3.90. The van der Waals surface area contributed by atoms with Crippen LogP contribution in [0.25, 0.3) is 0 Å². The van der Waals surface area contributed by atoms with Crippen LogP contribution in [-0.2, 0) is 24.0 Å². The molecule has 0 spiro atoms. The Morgan fingerprint density at radius 2 is 2.25 bits per heavy atom. The zero-order valence-corrected chi connectivity index (χ0v) is 6.69. The van der Waals surface area contributed by atoms with Crippen LogP contribution in [-0.4, -0.2) is 24.7 Å². The molecule has 68 valence electrons. The summed E-state index contributed by atoms with van der Waals surface area (Å²) in [6, 6.07) is 0. The molecule has 5 nitrogen and oxygen atoms in total. The highest BCUT2D eigenvalue weighted by Gasteiger charge is 2.41. The van der Waals surface area contributed by atoms with E-state index in [1.54, 1.807) is 0 Å². The molecule has 0 saturated carbocycles. The lowest BCUT2D eigenvalue weighted by molar-refractivity contribution is -0.299. The van der Waals surface area contributed by atoms with Gasteiger partial charge in [-0.15, -0.1) is 0 Å². The Hall–Kier alpha value is -0.650. The van der Waals surface area contributed by atoms with Gasteiger partial charge < -0.3 is 9.47 Å². The van der Waals surface area contributed by atoms with Gasteiger partial charge in [0, 0.05) is 13.3 Å². The lowest BCUT2D eigenvalue weighted by Gasteiger charge is -2.23. The van der Waals surface area contributed by atoms with Crippen LogP contribution in [0.2, 0.25) is 0 Å². The number of carbonyl (C=O) groups is 1. The second kappa shape index (κ2) is 3.01. The van der Waals surface area contributed by atoms with E-state index in [0.29, 0.717) is 6.42 Å². The molecule has 2 rings (SSSR count). The summed E-state index contributed by atoms with van der Waals surface area (Å²) in [5.41, 5.74) is 0. The van der Waals surface area contributed by atoms with E-state index in [0.717, 1.165) is 6.42 Å². The lowest BCUT2D eigenvalue weighted by atomic mass is 10.1. The van der Waals surface area contributed by atoms with E-state index in [-0.39, 0.29) is 18.4 Å². The smallest absolute Gasteiger partial charge is 0.303 e. The highest BCUT2D eigenvalue weighted by Crippen LogP contribution is 2.29. The lowest BCUT2D eigenvalue weighted by Crippen LogP contribution is -2.35. The zero-order chi connectivity index (χ0) is 8.55. The van der Waals surface area contributed by atoms with Crippen LogP contribution >= 0.6 is 0 Å². The molecule has 3 atom stereocenters. The summed E-state index contributed by atoms with van der Waals surface area (Å²) in [5, 5.41) is 0. The molecule has 0 N–H and O–H groups in total. The molecule has 12 heavy (non-hydrogen) atoms. The van der Waals surface area contributed by atoms with E-state index in [1.165, 1.54) is 6.92 Å². The van der Waals surface area contributed by atoms with Gasteiger partial charge in [0.1, 0.15) is 0 Å². The average Bonchev–Trinajstić information content (AvgIpc) is 2.39. The summed E-state index contributed by atoms with van der Waals surface area (Å²) in [4.78, 5) is 20.2. The maximum atomic E-state index is 10.6. The average molecular weight is 174 g/mol. The van der Waals surface area contributed by atoms with Gasteiger partial charge in [-0.1, -0.05) is 0 Å². The van der Waals surface area contributed by atoms with Gasteiger partial charge in [-0.3, -0.25) is 4.79 Å². The van der Waals surface area contributed by atoms with Gasteiger partial charge in [0.2, 0.25) is 6.29 Å². The third kappa shape index (κ3) is 1.43. The van der Waals surface area contributed by atoms with Crippen molar-refractivity contribution in [3.05, 3.63) is 0 Å². The van der Waals surface area contributed by atoms with Crippen LogP contribution in [0.1, 0.15) is 19.8 Å². The van der Waals surface area contributed by atoms with Gasteiger partial charge in [0.15, 0.2) is 12.4 Å². The van der Waals surface area contributed by atoms with Crippen molar-refractivity contribution in [1.29, 1.82) is 0 Å². The number of esters is 1. The number of fused-ring (bicyclic) bond motifs is 2. The molecule has 0 aromatic rings. The fourth-order valence-corrected chi connectivity index (χ4v) is 1.34. The molecule has 2 bridgehead atoms. The van der Waals surface area contributed by atoms with E-state index in [9.17, 15) is 4.79 Å². The third-order valence-electron chi connectivity index (χ3n) is 1.85. The van der Waals surface area contributed by atoms with Crippen LogP contribution in [0, 0.1) is 0 Å². The topological polar surface area (TPSA) is 54.0 Å². The fraction of sp³-hybridized carbons (Fsp3) is 0.857. The summed E-state index contributed by atoms with van der Waals surface area (Å²) in [7, 11) is 0. The number of hydrogen-bond donors (Lipinski definition) is 0. The van der Waals surface area contributed by atoms with Gasteiger partial charge in [-0.05, 0) is 6.42 Å². The minimum Gasteiger partial charge on any atom is -0.457 e. The van der Waals surface area contributed by atoms with Gasteiger partial charge in [0.05, 0.1) is 0 Å². The summed E-state index contributed by atoms with van der Waals surface area (Å²) < 4.78 is 10.1. The Labute approximate surface area is 69.5 Å². The van der Waals surface area contributed by atoms with Crippen molar-refractivity contribution in [2.45, 2.75) is 38.4 Å². The molecule has 0 aromatic carbocycles. The van der Waals surface area contributed by atoms with E-state index in [4.69, 9.17) is 19.2 Å². The first-order chi connectivity index (χ1) is 5.75. The largest absolute Gasteiger partial charge is 0.457 e. The Morgan fingerprint density at radius 1 is 1.42 bits per heavy atom. The molecule has 2 aliphatic rings. The minimum atomic E-state index is -0.535. The van der Waals surface area contributed by atoms with Crippen molar-refractivity contribution in [2.75, 3.05) is 0 Å². The maximum absolute atomic E-state index is 10.6. The molecule has 2 fully saturated rings. The van der Waals surface area contributed by atoms with E-state index >= 15 is 0 Å². The van der Waals surface area contributed by atoms with Crippen molar-refractivity contribution in [3.8, 4) is 0 Å². The normalized spacial score (nSPS) is 39.6. The predicted octanol–water partition coefficient (Wildman–Crippen LogP) is 0.343. The highest BCUT2D eigenvalue weighted by atomic mass is 17.3. The van der Waals surface area contributed by atoms with Crippen molar-refractivity contribution in [1.82, 2.24) is 0 Å². The van der Waals surface area contributed by atoms with Crippen molar-refractivity contribution >= 4 is 5.97 Å². The Balaban J connectivity index is 1.93. The summed E-state index contributed by atoms with van der Waals surface area (Å²) in [6.45, 7) is 1.36. The van der Waals surface area contributed by atoms with Gasteiger partial charge in [-0.2, -0.15) is 4.89 Å². The quantitative estimate of drug-likeness (QED) is 0.424. The number of hydrogen-bond acceptors (Lipinski definition) is 5. The number of ether oxygens (including phenoxy) is 2. The Kier molecular flexibility index (Phi) is 2.00. The van der Waals surface area contributed by atoms with Gasteiger partial charge in [-0.25, -0.2) is 4.89 Å². The molecular formula is C7H10O5. The fourth-order valence-electron chi connectivity index (χ4n) is 1.34. The summed E-state index contributed by atoms with van der Waals surface area (Å²) in [5.74, 6) is -0.322. The number of carbonyl (C=O) groups excluding carboxylic acids is 1. The monoisotopic (exact) mass is 174 g/mol. The Morgan fingerprint density at radius 3 is 3.00 bits per heavy atom. The second-order valence-electron chi connectivity index (χ2n) is 2.85. The molecule has 0 radical (unpaired) electrons. The van der Waals surface area contributed by atoms with E-state index < -0.39 is 6.29 Å². The summed E-state index contributed by atoms with van der Waals surface area (Å²) >= 11 is 0. The van der Waals surface area contributed by atoms with Gasteiger partial charge >= 0.3 is 5.97 Å². The maximum Gasteiger partial charge on any atom is 0.303 e. The minimum absolute atomic E-state index is 0.276. The first kappa shape index (κ1) is 7.97. The van der Waals surface area contributed by atoms with Crippen molar-refractivity contribution in [3.63, 3.8) is 0 Å². The molecule has 2 saturated heterocycles. The SMILES string of the molecule is CC(=O)O[C@H]1CC[C@H]2OO[C@@H]1O2. The Bertz CT molecular complexity index is 192. The van der Waals surface area contributed by atoms with Crippen LogP contribution < -0.4 is 0 Å². The zero-order valence-electron chi connectivity index (χ0n) is 6.69. The van der Waals surface area contributed by atoms with E-state index in [2.05, 4.69) is 0 Å². The van der Waals surface area contributed by atoms with Crippen molar-refractivity contribution < 1.29 is 24.0 Å². The second-order valence-corrected chi connectivity index (χ2v) is 2.85. The van der Waals surface area contributed by atoms with Crippen LogP contribution in [0.4, 0.5) is 0 Å². The van der Waals surface area contributed by atoms with Crippen LogP contribution in [0.15, 0.2) is 0 Å². The first-order valence-electron chi connectivity index (χ1n) is 3.90. The predicted molar refractivity (Wildman–Crippen MR) is 35.6 cm³/mol. The van der Waals surface area contributed by atoms with Crippen molar-refractivity contribution in [2.24, 2.45) is 0 Å². The number of rotatable bonds is 1. The highest BCUT2D eigenvalue weighted by molar-refractivity contribution is 5.66. The van der Waals surface area contributed by atoms with Gasteiger partial charge in [0.25, 0.3) is 0 Å².